The summed E-state index contributed by atoms with van der Waals surface area (Å²) in [7, 11) is -4.13. The fourth-order valence-electron chi connectivity index (χ4n) is 4.30. The molecule has 0 spiro atoms. The van der Waals surface area contributed by atoms with Crippen molar-refractivity contribution >= 4 is 39.0 Å². The van der Waals surface area contributed by atoms with Crippen molar-refractivity contribution in [2.75, 3.05) is 28.6 Å². The van der Waals surface area contributed by atoms with E-state index in [0.717, 1.165) is 12.1 Å². The molecule has 0 saturated carbocycles. The van der Waals surface area contributed by atoms with Crippen molar-refractivity contribution in [2.45, 2.75) is 36.2 Å². The number of anilines is 2. The van der Waals surface area contributed by atoms with Crippen molar-refractivity contribution in [3.05, 3.63) is 52.8 Å². The van der Waals surface area contributed by atoms with Crippen molar-refractivity contribution in [1.29, 1.82) is 0 Å². The Morgan fingerprint density at radius 1 is 1.14 bits per heavy atom. The second-order valence-corrected chi connectivity index (χ2v) is 11.4. The van der Waals surface area contributed by atoms with Crippen LogP contribution in [-0.4, -0.2) is 55.3 Å². The molecule has 2 aliphatic heterocycles. The molecule has 2 N–H and O–H groups in total. The van der Waals surface area contributed by atoms with E-state index in [-0.39, 0.29) is 42.8 Å². The number of benzene rings is 2. The Labute approximate surface area is 214 Å². The molecule has 0 radical (unpaired) electrons. The number of alkyl halides is 2. The van der Waals surface area contributed by atoms with Gasteiger partial charge < -0.3 is 20.0 Å². The smallest absolute Gasteiger partial charge is 0.318 e. The maximum absolute atomic E-state index is 15.2. The fourth-order valence-corrected chi connectivity index (χ4v) is 5.99. The Hall–Kier alpha value is -3.16. The van der Waals surface area contributed by atoms with Gasteiger partial charge >= 0.3 is 6.01 Å². The van der Waals surface area contributed by atoms with Crippen LogP contribution in [0.3, 0.4) is 0 Å². The van der Waals surface area contributed by atoms with Crippen LogP contribution in [0.15, 0.2) is 45.7 Å². The molecule has 1 aromatic heterocycles. The molecule has 5 rings (SSSR count). The highest BCUT2D eigenvalue weighted by Crippen LogP contribution is 2.38. The second-order valence-electron chi connectivity index (χ2n) is 8.97. The van der Waals surface area contributed by atoms with E-state index >= 15 is 4.39 Å². The summed E-state index contributed by atoms with van der Waals surface area (Å²) >= 11 is 5.94. The van der Waals surface area contributed by atoms with Gasteiger partial charge in [-0.1, -0.05) is 28.8 Å². The summed E-state index contributed by atoms with van der Waals surface area (Å²) in [6, 6.07) is 7.06. The van der Waals surface area contributed by atoms with Gasteiger partial charge in [0, 0.05) is 31.0 Å². The Bertz CT molecular complexity index is 1460. The van der Waals surface area contributed by atoms with E-state index in [4.69, 9.17) is 21.8 Å². The summed E-state index contributed by atoms with van der Waals surface area (Å²) in [6.45, 7) is -0.115. The summed E-state index contributed by atoms with van der Waals surface area (Å²) in [6.07, 6.45) is -0.782. The zero-order valence-electron chi connectivity index (χ0n) is 19.2. The third kappa shape index (κ3) is 5.03. The molecule has 0 bridgehead atoms. The van der Waals surface area contributed by atoms with Gasteiger partial charge in [-0.3, -0.25) is 4.79 Å². The first-order chi connectivity index (χ1) is 17.4. The predicted octanol–water partition coefficient (Wildman–Crippen LogP) is 3.41. The van der Waals surface area contributed by atoms with Gasteiger partial charge in [0.2, 0.25) is 5.91 Å². The van der Waals surface area contributed by atoms with Gasteiger partial charge in [0.05, 0.1) is 34.5 Å². The molecular weight excluding hydrogens is 535 g/mol. The van der Waals surface area contributed by atoms with Crippen molar-refractivity contribution in [2.24, 2.45) is 5.73 Å². The van der Waals surface area contributed by atoms with E-state index in [2.05, 4.69) is 10.2 Å². The molecule has 37 heavy (non-hydrogen) atoms. The number of carbonyl (C=O) groups is 1. The number of aromatic nitrogens is 2. The average Bonchev–Trinajstić information content (AvgIpc) is 3.30. The lowest BCUT2D eigenvalue weighted by atomic mass is 10.1. The molecule has 1 amide bonds. The van der Waals surface area contributed by atoms with Crippen LogP contribution < -0.4 is 15.5 Å². The number of amides is 1. The monoisotopic (exact) mass is 555 g/mol. The SMILES string of the molecule is N[C@H]1CS(=O)(=O)c2cc(F)c(-c3nnc(N4CCC(F)(F)CC4)o3)cc2N(Cc2ccc(Cl)cc2)C1=O. The number of halogens is 4. The first-order valence-electron chi connectivity index (χ1n) is 11.3. The van der Waals surface area contributed by atoms with Crippen LogP contribution in [-0.2, 0) is 21.2 Å². The van der Waals surface area contributed by atoms with E-state index in [0.29, 0.717) is 10.6 Å². The van der Waals surface area contributed by atoms with Crippen LogP contribution in [0.25, 0.3) is 11.5 Å². The molecule has 3 aromatic rings. The Morgan fingerprint density at radius 2 is 1.81 bits per heavy atom. The van der Waals surface area contributed by atoms with Crippen LogP contribution in [0.2, 0.25) is 5.02 Å². The predicted molar refractivity (Wildman–Crippen MR) is 129 cm³/mol. The van der Waals surface area contributed by atoms with E-state index in [1.807, 2.05) is 0 Å². The first-order valence-corrected chi connectivity index (χ1v) is 13.3. The van der Waals surface area contributed by atoms with Gasteiger partial charge in [-0.2, -0.15) is 0 Å². The Balaban J connectivity index is 1.56. The minimum Gasteiger partial charge on any atom is -0.403 e. The van der Waals surface area contributed by atoms with E-state index < -0.39 is 57.0 Å². The van der Waals surface area contributed by atoms with Crippen molar-refractivity contribution < 1.29 is 30.8 Å². The van der Waals surface area contributed by atoms with Crippen LogP contribution in [0.1, 0.15) is 18.4 Å². The molecule has 196 valence electrons. The van der Waals surface area contributed by atoms with Crippen molar-refractivity contribution in [3.63, 3.8) is 0 Å². The Morgan fingerprint density at radius 3 is 2.49 bits per heavy atom. The highest BCUT2D eigenvalue weighted by atomic mass is 35.5. The largest absolute Gasteiger partial charge is 0.403 e. The van der Waals surface area contributed by atoms with Crippen LogP contribution in [0.4, 0.5) is 24.9 Å². The molecule has 0 aliphatic carbocycles. The molecule has 2 aromatic carbocycles. The lowest BCUT2D eigenvalue weighted by Crippen LogP contribution is -2.45. The second kappa shape index (κ2) is 9.30. The maximum atomic E-state index is 15.2. The number of rotatable bonds is 4. The van der Waals surface area contributed by atoms with E-state index in [1.54, 1.807) is 24.3 Å². The quantitative estimate of drug-likeness (QED) is 0.519. The third-order valence-corrected chi connectivity index (χ3v) is 8.37. The molecule has 3 heterocycles. The van der Waals surface area contributed by atoms with Crippen molar-refractivity contribution in [1.82, 2.24) is 10.2 Å². The number of nitrogens with two attached hydrogens (primary N) is 1. The third-order valence-electron chi connectivity index (χ3n) is 6.32. The number of hydrogen-bond acceptors (Lipinski definition) is 8. The highest BCUT2D eigenvalue weighted by molar-refractivity contribution is 7.91. The molecule has 1 fully saturated rings. The number of carbonyl (C=O) groups excluding carboxylic acids is 1. The van der Waals surface area contributed by atoms with Gasteiger partial charge in [0.25, 0.3) is 11.8 Å². The fraction of sp³-hybridized carbons (Fsp3) is 0.348. The van der Waals surface area contributed by atoms with Gasteiger partial charge in [-0.15, -0.1) is 5.10 Å². The Kier molecular flexibility index (Phi) is 6.40. The van der Waals surface area contributed by atoms with Crippen LogP contribution in [0, 0.1) is 5.82 Å². The van der Waals surface area contributed by atoms with E-state index in [9.17, 15) is 22.0 Å². The summed E-state index contributed by atoms with van der Waals surface area (Å²) < 4.78 is 73.8. The highest BCUT2D eigenvalue weighted by Gasteiger charge is 2.38. The number of nitrogens with zero attached hydrogens (tertiary/aromatic N) is 4. The van der Waals surface area contributed by atoms with Crippen LogP contribution >= 0.6 is 11.6 Å². The zero-order chi connectivity index (χ0) is 26.5. The zero-order valence-corrected chi connectivity index (χ0v) is 20.8. The lowest BCUT2D eigenvalue weighted by Gasteiger charge is -2.30. The normalized spacial score (nSPS) is 21.0. The van der Waals surface area contributed by atoms with Gasteiger partial charge in [0.15, 0.2) is 9.84 Å². The number of piperidine rings is 1. The topological polar surface area (TPSA) is 123 Å². The molecule has 0 unspecified atom stereocenters. The molecule has 14 heteroatoms. The van der Waals surface area contributed by atoms with E-state index in [1.165, 1.54) is 9.80 Å². The number of hydrogen-bond donors (Lipinski definition) is 1. The number of fused-ring (bicyclic) bond motifs is 1. The maximum Gasteiger partial charge on any atom is 0.318 e. The molecule has 9 nitrogen and oxygen atoms in total. The van der Waals surface area contributed by atoms with Gasteiger partial charge in [-0.25, -0.2) is 21.6 Å². The standard InChI is InChI=1S/C23H21ClF3N5O4S/c24-14-3-1-13(2-4-14)11-32-18-9-15(16(25)10-19(18)37(34,35)12-17(28)21(32)33)20-29-30-22(36-20)31-7-5-23(26,27)6-8-31/h1-4,9-10,17H,5-8,11-12,28H2/t17-/m0/s1. The van der Waals surface area contributed by atoms with Crippen LogP contribution in [0.5, 0.6) is 0 Å². The molecule has 1 atom stereocenters. The minimum atomic E-state index is -4.13. The number of sulfone groups is 1. The average molecular weight is 556 g/mol. The summed E-state index contributed by atoms with van der Waals surface area (Å²) in [4.78, 5) is 15.4. The molecule has 2 aliphatic rings. The van der Waals surface area contributed by atoms with Gasteiger partial charge in [0.1, 0.15) is 5.82 Å². The van der Waals surface area contributed by atoms with Crippen molar-refractivity contribution in [3.8, 4) is 11.5 Å². The minimum absolute atomic E-state index is 0.0270. The summed E-state index contributed by atoms with van der Waals surface area (Å²) in [5, 5.41) is 8.17. The summed E-state index contributed by atoms with van der Waals surface area (Å²) in [5.41, 5.74) is 6.19. The lowest BCUT2D eigenvalue weighted by molar-refractivity contribution is -0.119. The van der Waals surface area contributed by atoms with Gasteiger partial charge in [-0.05, 0) is 29.8 Å². The first kappa shape index (κ1) is 25.5. The molecular formula is C23H21ClF3N5O4S. The molecule has 1 saturated heterocycles. The summed E-state index contributed by atoms with van der Waals surface area (Å²) in [5.74, 6) is -5.42.